The van der Waals surface area contributed by atoms with Gasteiger partial charge in [0, 0.05) is 26.2 Å². The van der Waals surface area contributed by atoms with E-state index in [1.165, 1.54) is 5.56 Å². The molecule has 24 heavy (non-hydrogen) atoms. The van der Waals surface area contributed by atoms with Gasteiger partial charge in [-0.25, -0.2) is 0 Å². The number of aliphatic hydroxyl groups excluding tert-OH is 2. The van der Waals surface area contributed by atoms with Gasteiger partial charge in [0.05, 0.1) is 25.9 Å². The van der Waals surface area contributed by atoms with E-state index in [9.17, 15) is 10.2 Å². The maximum Gasteiger partial charge on any atom is 0.0793 e. The van der Waals surface area contributed by atoms with Crippen molar-refractivity contribution in [3.8, 4) is 0 Å². The van der Waals surface area contributed by atoms with Crippen molar-refractivity contribution in [1.29, 1.82) is 0 Å². The van der Waals surface area contributed by atoms with Gasteiger partial charge in [-0.05, 0) is 43.0 Å². The zero-order valence-electron chi connectivity index (χ0n) is 14.4. The van der Waals surface area contributed by atoms with Crippen molar-refractivity contribution in [2.45, 2.75) is 31.5 Å². The Kier molecular flexibility index (Phi) is 6.63. The van der Waals surface area contributed by atoms with Crippen LogP contribution in [0.15, 0.2) is 24.3 Å². The van der Waals surface area contributed by atoms with Gasteiger partial charge in [-0.15, -0.1) is 0 Å². The molecule has 2 saturated heterocycles. The Morgan fingerprint density at radius 1 is 1.00 bits per heavy atom. The zero-order valence-corrected chi connectivity index (χ0v) is 14.4. The second-order valence-corrected chi connectivity index (χ2v) is 7.00. The summed E-state index contributed by atoms with van der Waals surface area (Å²) in [6, 6.07) is 8.23. The molecular weight excluding hydrogens is 304 g/mol. The van der Waals surface area contributed by atoms with Crippen LogP contribution >= 0.6 is 0 Å². The Hall–Kier alpha value is -0.980. The minimum absolute atomic E-state index is 0.120. The topological polar surface area (TPSA) is 56.2 Å². The number of aliphatic hydroxyl groups is 2. The predicted octanol–water partition coefficient (Wildman–Crippen LogP) is 1.05. The van der Waals surface area contributed by atoms with Crippen LogP contribution in [0.3, 0.4) is 0 Å². The number of likely N-dealkylation sites (tertiary alicyclic amines) is 1. The van der Waals surface area contributed by atoms with Gasteiger partial charge in [-0.3, -0.25) is 4.90 Å². The fourth-order valence-corrected chi connectivity index (χ4v) is 3.94. The monoisotopic (exact) mass is 334 g/mol. The molecule has 2 aliphatic rings. The van der Waals surface area contributed by atoms with E-state index < -0.39 is 0 Å². The summed E-state index contributed by atoms with van der Waals surface area (Å²) in [5, 5.41) is 19.9. The number of β-amino-alcohol motifs (C(OH)–C–C–N with tert-alkyl or cyclic N) is 1. The molecule has 3 rings (SSSR count). The van der Waals surface area contributed by atoms with E-state index in [0.717, 1.165) is 70.9 Å². The van der Waals surface area contributed by atoms with E-state index in [4.69, 9.17) is 4.74 Å². The summed E-state index contributed by atoms with van der Waals surface area (Å²) in [5.41, 5.74) is 2.36. The van der Waals surface area contributed by atoms with E-state index in [2.05, 4.69) is 21.9 Å². The molecule has 5 heteroatoms. The Labute approximate surface area is 144 Å². The van der Waals surface area contributed by atoms with Crippen LogP contribution in [-0.2, 0) is 11.3 Å². The van der Waals surface area contributed by atoms with Crippen molar-refractivity contribution < 1.29 is 14.9 Å². The molecule has 0 radical (unpaired) electrons. The fraction of sp³-hybridized carbons (Fsp3) is 0.684. The SMILES string of the molecule is OCc1ccccc1C1CCN(CC(O)CN2CCOCC2)CC1. The van der Waals surface area contributed by atoms with E-state index in [1.54, 1.807) is 0 Å². The highest BCUT2D eigenvalue weighted by Gasteiger charge is 2.24. The molecule has 134 valence electrons. The van der Waals surface area contributed by atoms with Crippen LogP contribution in [0.2, 0.25) is 0 Å². The van der Waals surface area contributed by atoms with E-state index in [-0.39, 0.29) is 12.7 Å². The van der Waals surface area contributed by atoms with E-state index >= 15 is 0 Å². The largest absolute Gasteiger partial charge is 0.392 e. The van der Waals surface area contributed by atoms with Gasteiger partial charge in [0.2, 0.25) is 0 Å². The summed E-state index contributed by atoms with van der Waals surface area (Å²) in [4.78, 5) is 4.67. The van der Waals surface area contributed by atoms with Crippen LogP contribution in [0.4, 0.5) is 0 Å². The van der Waals surface area contributed by atoms with Crippen molar-refractivity contribution in [2.75, 3.05) is 52.5 Å². The molecule has 1 aromatic rings. The number of ether oxygens (including phenoxy) is 1. The average molecular weight is 334 g/mol. The smallest absolute Gasteiger partial charge is 0.0793 e. The van der Waals surface area contributed by atoms with Gasteiger partial charge in [0.1, 0.15) is 0 Å². The third kappa shape index (κ3) is 4.77. The van der Waals surface area contributed by atoms with Crippen molar-refractivity contribution in [3.05, 3.63) is 35.4 Å². The molecule has 2 N–H and O–H groups in total. The van der Waals surface area contributed by atoms with E-state index in [0.29, 0.717) is 5.92 Å². The first-order chi connectivity index (χ1) is 11.8. The molecule has 0 saturated carbocycles. The second-order valence-electron chi connectivity index (χ2n) is 7.00. The fourth-order valence-electron chi connectivity index (χ4n) is 3.94. The summed E-state index contributed by atoms with van der Waals surface area (Å²) >= 11 is 0. The lowest BCUT2D eigenvalue weighted by Gasteiger charge is -2.35. The normalized spacial score (nSPS) is 22.6. The van der Waals surface area contributed by atoms with Crippen LogP contribution in [0.5, 0.6) is 0 Å². The summed E-state index contributed by atoms with van der Waals surface area (Å²) in [6.07, 6.45) is 1.91. The number of piperidine rings is 1. The molecule has 2 heterocycles. The van der Waals surface area contributed by atoms with Gasteiger partial charge in [0.25, 0.3) is 0 Å². The Morgan fingerprint density at radius 2 is 1.62 bits per heavy atom. The third-order valence-corrected chi connectivity index (χ3v) is 5.29. The van der Waals surface area contributed by atoms with Crippen molar-refractivity contribution in [2.24, 2.45) is 0 Å². The molecule has 5 nitrogen and oxygen atoms in total. The Balaban J connectivity index is 1.44. The van der Waals surface area contributed by atoms with Crippen molar-refractivity contribution in [3.63, 3.8) is 0 Å². The van der Waals surface area contributed by atoms with Crippen molar-refractivity contribution >= 4 is 0 Å². The molecule has 0 aliphatic carbocycles. The van der Waals surface area contributed by atoms with Crippen LogP contribution < -0.4 is 0 Å². The molecule has 1 aromatic carbocycles. The van der Waals surface area contributed by atoms with E-state index in [1.807, 2.05) is 12.1 Å². The van der Waals surface area contributed by atoms with Gasteiger partial charge >= 0.3 is 0 Å². The first-order valence-electron chi connectivity index (χ1n) is 9.15. The molecule has 1 unspecified atom stereocenters. The predicted molar refractivity (Wildman–Crippen MR) is 94.0 cm³/mol. The van der Waals surface area contributed by atoms with Gasteiger partial charge < -0.3 is 19.8 Å². The highest BCUT2D eigenvalue weighted by molar-refractivity contribution is 5.30. The molecule has 0 aromatic heterocycles. The number of rotatable bonds is 6. The molecule has 1 atom stereocenters. The molecule has 0 spiro atoms. The molecule has 0 bridgehead atoms. The molecular formula is C19H30N2O3. The van der Waals surface area contributed by atoms with Crippen LogP contribution in [0, 0.1) is 0 Å². The second kappa shape index (κ2) is 8.92. The lowest BCUT2D eigenvalue weighted by Crippen LogP contribution is -2.46. The van der Waals surface area contributed by atoms with Crippen molar-refractivity contribution in [1.82, 2.24) is 9.80 Å². The maximum absolute atomic E-state index is 10.4. The van der Waals surface area contributed by atoms with Gasteiger partial charge in [-0.1, -0.05) is 24.3 Å². The number of nitrogens with zero attached hydrogens (tertiary/aromatic N) is 2. The summed E-state index contributed by atoms with van der Waals surface area (Å²) < 4.78 is 5.35. The number of benzene rings is 1. The Bertz CT molecular complexity index is 497. The number of morpholine rings is 1. The van der Waals surface area contributed by atoms with Gasteiger partial charge in [0.15, 0.2) is 0 Å². The summed E-state index contributed by atoms with van der Waals surface area (Å²) in [6.45, 7) is 7.07. The average Bonchev–Trinajstić information content (AvgIpc) is 2.63. The highest BCUT2D eigenvalue weighted by atomic mass is 16.5. The first-order valence-corrected chi connectivity index (χ1v) is 9.15. The summed E-state index contributed by atoms with van der Waals surface area (Å²) in [7, 11) is 0. The van der Waals surface area contributed by atoms with Crippen LogP contribution in [-0.4, -0.2) is 78.6 Å². The Morgan fingerprint density at radius 3 is 2.29 bits per heavy atom. The lowest BCUT2D eigenvalue weighted by molar-refractivity contribution is 0.00508. The lowest BCUT2D eigenvalue weighted by atomic mass is 9.86. The third-order valence-electron chi connectivity index (χ3n) is 5.29. The number of hydrogen-bond donors (Lipinski definition) is 2. The maximum atomic E-state index is 10.4. The molecule has 2 aliphatic heterocycles. The zero-order chi connectivity index (χ0) is 16.8. The minimum Gasteiger partial charge on any atom is -0.392 e. The quantitative estimate of drug-likeness (QED) is 0.814. The summed E-state index contributed by atoms with van der Waals surface area (Å²) in [5.74, 6) is 0.529. The first kappa shape index (κ1) is 17.8. The van der Waals surface area contributed by atoms with Crippen LogP contribution in [0.25, 0.3) is 0 Å². The molecule has 2 fully saturated rings. The highest BCUT2D eigenvalue weighted by Crippen LogP contribution is 2.30. The van der Waals surface area contributed by atoms with Crippen LogP contribution in [0.1, 0.15) is 29.9 Å². The minimum atomic E-state index is -0.288. The molecule has 0 amide bonds. The number of hydrogen-bond acceptors (Lipinski definition) is 5. The van der Waals surface area contributed by atoms with Gasteiger partial charge in [-0.2, -0.15) is 0 Å². The standard InChI is InChI=1S/C19H30N2O3/c22-15-17-3-1-2-4-19(17)16-5-7-20(8-6-16)13-18(23)14-21-9-11-24-12-10-21/h1-4,16,18,22-23H,5-15H2.